The fraction of sp³-hybridized carbons (Fsp3) is 1.00. The first-order valence-corrected chi connectivity index (χ1v) is 9.32. The van der Waals surface area contributed by atoms with Crippen molar-refractivity contribution in [3.05, 3.63) is 5.16 Å². The van der Waals surface area contributed by atoms with Gasteiger partial charge in [0.1, 0.15) is 0 Å². The molecule has 0 spiro atoms. The Bertz CT molecular complexity index is 168. The van der Waals surface area contributed by atoms with E-state index in [0.29, 0.717) is 0 Å². The van der Waals surface area contributed by atoms with Crippen molar-refractivity contribution >= 4 is 31.9 Å². The van der Waals surface area contributed by atoms with Gasteiger partial charge in [0, 0.05) is 0 Å². The maximum atomic E-state index is 10.5. The average Bonchev–Trinajstić information content (AvgIpc) is 2.34. The number of nitrogens with zero attached hydrogens (tertiary/aromatic N) is 1. The fourth-order valence-electron chi connectivity index (χ4n) is 1.69. The topological polar surface area (TPSA) is 39.4 Å². The Kier molecular flexibility index (Phi) is 31.4. The van der Waals surface area contributed by atoms with Gasteiger partial charge in [-0.05, 0) is 0 Å². The standard InChI is InChI=1S/C12H27NP.2ClH.O.V/c1-4-7-10-14(13,11-8-5-2)12-9-6-3;;;;/h4-12H2,1-3H3;2*1H;;/q-1;;;;. The number of unbranched alkanes of at least 4 members (excludes halogenated alkanes) is 3. The van der Waals surface area contributed by atoms with Crippen LogP contribution in [0.4, 0.5) is 0 Å². The molecule has 0 aromatic heterocycles. The molecule has 0 saturated carbocycles. The average molecular weight is 356 g/mol. The third-order valence-electron chi connectivity index (χ3n) is 2.78. The summed E-state index contributed by atoms with van der Waals surface area (Å²) < 4.78 is 8.19. The second-order valence-electron chi connectivity index (χ2n) is 4.33. The molecular weight excluding hydrogens is 327 g/mol. The summed E-state index contributed by atoms with van der Waals surface area (Å²) in [6, 6.07) is 0. The van der Waals surface area contributed by atoms with E-state index in [1.807, 2.05) is 0 Å². The molecule has 0 aromatic carbocycles. The Balaban J connectivity index is -0.000000232. The van der Waals surface area contributed by atoms with Crippen LogP contribution < -0.4 is 0 Å². The minimum atomic E-state index is -1.52. The normalized spacial score (nSPS) is 9.44. The first-order chi connectivity index (χ1) is 7.68. The van der Waals surface area contributed by atoms with Crippen molar-refractivity contribution in [2.24, 2.45) is 0 Å². The third-order valence-corrected chi connectivity index (χ3v) is 6.23. The Morgan fingerprint density at radius 2 is 1.00 bits per heavy atom. The maximum absolute atomic E-state index is 10.5. The number of halogens is 2. The monoisotopic (exact) mass is 355 g/mol. The summed E-state index contributed by atoms with van der Waals surface area (Å²) in [6.07, 6.45) is 10.7. The van der Waals surface area contributed by atoms with Gasteiger partial charge in [-0.2, -0.15) is 0 Å². The zero-order valence-electron chi connectivity index (χ0n) is 11.9. The van der Waals surface area contributed by atoms with Crippen LogP contribution >= 0.6 is 31.9 Å². The van der Waals surface area contributed by atoms with Gasteiger partial charge in [-0.25, -0.2) is 7.05 Å². The first-order valence-electron chi connectivity index (χ1n) is 6.45. The second-order valence-corrected chi connectivity index (χ2v) is 7.86. The third kappa shape index (κ3) is 17.2. The zero-order valence-corrected chi connectivity index (χ0v) is 15.9. The quantitative estimate of drug-likeness (QED) is 0.476. The summed E-state index contributed by atoms with van der Waals surface area (Å²) >= 11 is 1.06. The molecule has 0 aliphatic carbocycles. The molecule has 0 aliphatic rings. The predicted octanol–water partition coefficient (Wildman–Crippen LogP) is 5.88. The van der Waals surface area contributed by atoms with Crippen LogP contribution in [0.3, 0.4) is 0 Å². The molecule has 0 radical (unpaired) electrons. The summed E-state index contributed by atoms with van der Waals surface area (Å²) in [4.78, 5) is 0. The van der Waals surface area contributed by atoms with E-state index in [4.69, 9.17) is 3.67 Å². The van der Waals surface area contributed by atoms with Crippen molar-refractivity contribution in [1.29, 1.82) is 0 Å². The van der Waals surface area contributed by atoms with Crippen LogP contribution in [0.2, 0.25) is 0 Å². The van der Waals surface area contributed by atoms with Crippen LogP contribution in [0.1, 0.15) is 59.3 Å². The zero-order chi connectivity index (χ0) is 12.9. The van der Waals surface area contributed by atoms with E-state index in [2.05, 4.69) is 20.8 Å². The summed E-state index contributed by atoms with van der Waals surface area (Å²) in [5, 5.41) is 10.5. The molecule has 0 aliphatic heterocycles. The van der Waals surface area contributed by atoms with Crippen LogP contribution in [-0.2, 0) is 21.0 Å². The Labute approximate surface area is 135 Å². The summed E-state index contributed by atoms with van der Waals surface area (Å²) in [5.74, 6) is 0. The summed E-state index contributed by atoms with van der Waals surface area (Å²) in [7, 11) is -1.52. The van der Waals surface area contributed by atoms with E-state index in [9.17, 15) is 5.16 Å². The molecule has 0 N–H and O–H groups in total. The van der Waals surface area contributed by atoms with Crippen molar-refractivity contribution in [2.45, 2.75) is 59.3 Å². The Morgan fingerprint density at radius 3 is 1.17 bits per heavy atom. The summed E-state index contributed by atoms with van der Waals surface area (Å²) in [5.41, 5.74) is 0. The molecule has 0 saturated heterocycles. The first kappa shape index (κ1) is 27.5. The van der Waals surface area contributed by atoms with Crippen molar-refractivity contribution in [3.8, 4) is 0 Å². The van der Waals surface area contributed by atoms with E-state index < -0.39 is 7.05 Å². The molecule has 0 fully saturated rings. The van der Waals surface area contributed by atoms with E-state index in [1.165, 1.54) is 38.5 Å². The van der Waals surface area contributed by atoms with Gasteiger partial charge >= 0.3 is 21.0 Å². The van der Waals surface area contributed by atoms with Crippen LogP contribution in [0.25, 0.3) is 5.16 Å². The Morgan fingerprint density at radius 1 is 0.778 bits per heavy atom. The minimum absolute atomic E-state index is 0. The number of rotatable bonds is 9. The van der Waals surface area contributed by atoms with Gasteiger partial charge in [0.25, 0.3) is 0 Å². The Hall–Kier alpha value is 1.19. The molecule has 0 atom stereocenters. The van der Waals surface area contributed by atoms with E-state index >= 15 is 0 Å². The second kappa shape index (κ2) is 20.5. The van der Waals surface area contributed by atoms with E-state index in [-0.39, 0.29) is 24.8 Å². The summed E-state index contributed by atoms with van der Waals surface area (Å²) in [6.45, 7) is 6.64. The molecule has 0 unspecified atom stereocenters. The molecule has 0 rings (SSSR count). The molecular formula is C12H29Cl2NOPV-. The van der Waals surface area contributed by atoms with Crippen molar-refractivity contribution in [2.75, 3.05) is 18.5 Å². The van der Waals surface area contributed by atoms with Crippen LogP contribution in [0.15, 0.2) is 0 Å². The molecule has 0 bridgehead atoms. The van der Waals surface area contributed by atoms with E-state index in [1.54, 1.807) is 0 Å². The molecule has 0 heterocycles. The van der Waals surface area contributed by atoms with Crippen LogP contribution in [0, 0.1) is 0 Å². The van der Waals surface area contributed by atoms with Crippen molar-refractivity contribution in [1.82, 2.24) is 0 Å². The van der Waals surface area contributed by atoms with Gasteiger partial charge < -0.3 is 5.16 Å². The molecule has 6 heteroatoms. The fourth-order valence-corrected chi connectivity index (χ4v) is 5.08. The predicted molar refractivity (Wildman–Crippen MR) is 84.8 cm³/mol. The van der Waals surface area contributed by atoms with Gasteiger partial charge in [0.05, 0.1) is 0 Å². The molecule has 113 valence electrons. The van der Waals surface area contributed by atoms with Gasteiger partial charge in [0.15, 0.2) is 0 Å². The molecule has 0 amide bonds. The van der Waals surface area contributed by atoms with E-state index in [0.717, 1.165) is 35.9 Å². The van der Waals surface area contributed by atoms with Gasteiger partial charge in [-0.15, -0.1) is 24.8 Å². The van der Waals surface area contributed by atoms with Gasteiger partial charge in [0.2, 0.25) is 0 Å². The number of hydrogen-bond donors (Lipinski definition) is 0. The van der Waals surface area contributed by atoms with Crippen LogP contribution in [0.5, 0.6) is 0 Å². The van der Waals surface area contributed by atoms with Crippen LogP contribution in [-0.4, -0.2) is 18.5 Å². The molecule has 18 heavy (non-hydrogen) atoms. The van der Waals surface area contributed by atoms with Gasteiger partial charge in [-0.3, -0.25) is 0 Å². The SMILES string of the molecule is CCCCP(=[N-])(CCCC)CCCC.Cl.Cl.[O]=[V]. The molecule has 0 aromatic rings. The van der Waals surface area contributed by atoms with Crippen molar-refractivity contribution < 1.29 is 21.0 Å². The van der Waals surface area contributed by atoms with Gasteiger partial charge in [-0.1, -0.05) is 77.8 Å². The van der Waals surface area contributed by atoms with Crippen molar-refractivity contribution in [3.63, 3.8) is 0 Å². The molecule has 2 nitrogen and oxygen atoms in total. The number of hydrogen-bond acceptors (Lipinski definition) is 1.